The summed E-state index contributed by atoms with van der Waals surface area (Å²) in [6.45, 7) is 1.18. The molecule has 0 bridgehead atoms. The summed E-state index contributed by atoms with van der Waals surface area (Å²) < 4.78 is 27.2. The van der Waals surface area contributed by atoms with Gasteiger partial charge >= 0.3 is 0 Å². The molecule has 0 atom stereocenters. The highest BCUT2D eigenvalue weighted by molar-refractivity contribution is 7.89. The quantitative estimate of drug-likeness (QED) is 0.749. The SMILES string of the molecule is O=C(CCc1ccc(S(=O)(=O)N2CCCCCC2)cc1)Nc1ccccc1Cl. The number of aryl methyl sites for hydroxylation is 1. The molecule has 0 spiro atoms. The van der Waals surface area contributed by atoms with Gasteiger partial charge in [0.2, 0.25) is 15.9 Å². The minimum atomic E-state index is -3.44. The van der Waals surface area contributed by atoms with Gasteiger partial charge in [-0.1, -0.05) is 48.7 Å². The normalized spacial score (nSPS) is 15.8. The summed E-state index contributed by atoms with van der Waals surface area (Å²) in [6.07, 6.45) is 4.82. The summed E-state index contributed by atoms with van der Waals surface area (Å²) in [7, 11) is -3.44. The summed E-state index contributed by atoms with van der Waals surface area (Å²) >= 11 is 6.04. The molecule has 2 aromatic carbocycles. The van der Waals surface area contributed by atoms with Crippen molar-refractivity contribution in [1.82, 2.24) is 4.31 Å². The van der Waals surface area contributed by atoms with Crippen LogP contribution in [-0.2, 0) is 21.2 Å². The second-order valence-electron chi connectivity index (χ2n) is 6.99. The molecule has 0 aromatic heterocycles. The lowest BCUT2D eigenvalue weighted by Crippen LogP contribution is -2.31. The van der Waals surface area contributed by atoms with Crippen LogP contribution in [0.2, 0.25) is 5.02 Å². The minimum absolute atomic E-state index is 0.130. The first-order chi connectivity index (χ1) is 13.5. The Balaban J connectivity index is 1.58. The zero-order valence-electron chi connectivity index (χ0n) is 15.7. The molecule has 0 saturated carbocycles. The molecule has 1 fully saturated rings. The molecule has 1 aliphatic heterocycles. The molecule has 1 aliphatic rings. The Bertz CT molecular complexity index is 906. The first-order valence-corrected chi connectivity index (χ1v) is 11.4. The molecular formula is C21H25ClN2O3S. The third-order valence-corrected chi connectivity index (χ3v) is 7.16. The van der Waals surface area contributed by atoms with Gasteiger partial charge in [-0.3, -0.25) is 4.79 Å². The molecular weight excluding hydrogens is 396 g/mol. The van der Waals surface area contributed by atoms with E-state index in [0.717, 1.165) is 31.2 Å². The number of anilines is 1. The molecule has 1 heterocycles. The maximum Gasteiger partial charge on any atom is 0.243 e. The van der Waals surface area contributed by atoms with E-state index < -0.39 is 10.0 Å². The second kappa shape index (κ2) is 9.54. The number of sulfonamides is 1. The summed E-state index contributed by atoms with van der Waals surface area (Å²) in [4.78, 5) is 12.4. The van der Waals surface area contributed by atoms with Crippen LogP contribution in [0.1, 0.15) is 37.7 Å². The van der Waals surface area contributed by atoms with Crippen molar-refractivity contribution in [3.05, 3.63) is 59.1 Å². The zero-order chi connectivity index (χ0) is 20.0. The molecule has 0 radical (unpaired) electrons. The van der Waals surface area contributed by atoms with Crippen LogP contribution < -0.4 is 5.32 Å². The third kappa shape index (κ3) is 5.34. The van der Waals surface area contributed by atoms with Gasteiger partial charge in [-0.05, 0) is 49.1 Å². The Kier molecular flexibility index (Phi) is 7.10. The molecule has 1 N–H and O–H groups in total. The Morgan fingerprint density at radius 1 is 0.964 bits per heavy atom. The number of amides is 1. The first kappa shape index (κ1) is 20.8. The average Bonchev–Trinajstić information content (AvgIpc) is 2.99. The van der Waals surface area contributed by atoms with Gasteiger partial charge in [-0.2, -0.15) is 4.31 Å². The molecule has 1 saturated heterocycles. The van der Waals surface area contributed by atoms with Gasteiger partial charge in [0.05, 0.1) is 15.6 Å². The minimum Gasteiger partial charge on any atom is -0.325 e. The second-order valence-corrected chi connectivity index (χ2v) is 9.34. The molecule has 1 amide bonds. The molecule has 7 heteroatoms. The average molecular weight is 421 g/mol. The molecule has 0 aliphatic carbocycles. The predicted octanol–water partition coefficient (Wildman–Crippen LogP) is 4.48. The lowest BCUT2D eigenvalue weighted by atomic mass is 10.1. The number of rotatable bonds is 6. The van der Waals surface area contributed by atoms with Crippen LogP contribution in [0.4, 0.5) is 5.69 Å². The van der Waals surface area contributed by atoms with Crippen LogP contribution >= 0.6 is 11.6 Å². The smallest absolute Gasteiger partial charge is 0.243 e. The fourth-order valence-electron chi connectivity index (χ4n) is 3.29. The number of nitrogens with one attached hydrogen (secondary N) is 1. The van der Waals surface area contributed by atoms with Crippen molar-refractivity contribution in [3.63, 3.8) is 0 Å². The van der Waals surface area contributed by atoms with Crippen molar-refractivity contribution < 1.29 is 13.2 Å². The number of hydrogen-bond donors (Lipinski definition) is 1. The summed E-state index contributed by atoms with van der Waals surface area (Å²) in [5, 5.41) is 3.29. The van der Waals surface area contributed by atoms with E-state index in [-0.39, 0.29) is 5.91 Å². The van der Waals surface area contributed by atoms with Gasteiger partial charge in [-0.15, -0.1) is 0 Å². The zero-order valence-corrected chi connectivity index (χ0v) is 17.3. The Labute approximate surface area is 171 Å². The topological polar surface area (TPSA) is 66.5 Å². The van der Waals surface area contributed by atoms with Crippen LogP contribution in [0.3, 0.4) is 0 Å². The van der Waals surface area contributed by atoms with Crippen molar-refractivity contribution in [3.8, 4) is 0 Å². The highest BCUT2D eigenvalue weighted by Crippen LogP contribution is 2.22. The van der Waals surface area contributed by atoms with Crippen LogP contribution in [0.15, 0.2) is 53.4 Å². The van der Waals surface area contributed by atoms with E-state index in [1.54, 1.807) is 46.8 Å². The number of carbonyl (C=O) groups is 1. The van der Waals surface area contributed by atoms with Crippen LogP contribution in [0, 0.1) is 0 Å². The molecule has 2 aromatic rings. The number of benzene rings is 2. The summed E-state index contributed by atoms with van der Waals surface area (Å²) in [6, 6.07) is 13.9. The number of nitrogens with zero attached hydrogens (tertiary/aromatic N) is 1. The van der Waals surface area contributed by atoms with Gasteiger partial charge in [-0.25, -0.2) is 8.42 Å². The van der Waals surface area contributed by atoms with E-state index in [1.807, 2.05) is 6.07 Å². The molecule has 5 nitrogen and oxygen atoms in total. The van der Waals surface area contributed by atoms with Gasteiger partial charge in [0.1, 0.15) is 0 Å². The van der Waals surface area contributed by atoms with E-state index >= 15 is 0 Å². The highest BCUT2D eigenvalue weighted by Gasteiger charge is 2.24. The number of para-hydroxylation sites is 1. The number of carbonyl (C=O) groups excluding carboxylic acids is 1. The van der Waals surface area contributed by atoms with Crippen molar-refractivity contribution in [2.75, 3.05) is 18.4 Å². The first-order valence-electron chi connectivity index (χ1n) is 9.60. The predicted molar refractivity (Wildman–Crippen MR) is 112 cm³/mol. The summed E-state index contributed by atoms with van der Waals surface area (Å²) in [5.74, 6) is -0.130. The number of halogens is 1. The molecule has 28 heavy (non-hydrogen) atoms. The van der Waals surface area contributed by atoms with Crippen molar-refractivity contribution >= 4 is 33.2 Å². The maximum absolute atomic E-state index is 12.8. The van der Waals surface area contributed by atoms with Gasteiger partial charge in [0.15, 0.2) is 0 Å². The molecule has 150 valence electrons. The Morgan fingerprint density at radius 2 is 1.61 bits per heavy atom. The van der Waals surface area contributed by atoms with Crippen molar-refractivity contribution in [1.29, 1.82) is 0 Å². The maximum atomic E-state index is 12.8. The van der Waals surface area contributed by atoms with Crippen molar-refractivity contribution in [2.45, 2.75) is 43.4 Å². The van der Waals surface area contributed by atoms with E-state index in [4.69, 9.17) is 11.6 Å². The van der Waals surface area contributed by atoms with E-state index in [0.29, 0.717) is 41.5 Å². The van der Waals surface area contributed by atoms with Gasteiger partial charge in [0.25, 0.3) is 0 Å². The van der Waals surface area contributed by atoms with Crippen LogP contribution in [0.5, 0.6) is 0 Å². The van der Waals surface area contributed by atoms with E-state index in [9.17, 15) is 13.2 Å². The third-order valence-electron chi connectivity index (χ3n) is 4.91. The lowest BCUT2D eigenvalue weighted by molar-refractivity contribution is -0.116. The summed E-state index contributed by atoms with van der Waals surface area (Å²) in [5.41, 5.74) is 1.51. The van der Waals surface area contributed by atoms with Gasteiger partial charge in [0, 0.05) is 19.5 Å². The lowest BCUT2D eigenvalue weighted by Gasteiger charge is -2.20. The van der Waals surface area contributed by atoms with E-state index in [2.05, 4.69) is 5.32 Å². The van der Waals surface area contributed by atoms with Crippen LogP contribution in [-0.4, -0.2) is 31.7 Å². The monoisotopic (exact) mass is 420 g/mol. The standard InChI is InChI=1S/C21H25ClN2O3S/c22-19-7-3-4-8-20(19)23-21(25)14-11-17-9-12-18(13-10-17)28(26,27)24-15-5-1-2-6-16-24/h3-4,7-10,12-13H,1-2,5-6,11,14-16H2,(H,23,25). The number of hydrogen-bond acceptors (Lipinski definition) is 3. The fourth-order valence-corrected chi connectivity index (χ4v) is 4.99. The van der Waals surface area contributed by atoms with Crippen molar-refractivity contribution in [2.24, 2.45) is 0 Å². The Hall–Kier alpha value is -1.89. The largest absolute Gasteiger partial charge is 0.325 e. The van der Waals surface area contributed by atoms with Gasteiger partial charge < -0.3 is 5.32 Å². The molecule has 0 unspecified atom stereocenters. The van der Waals surface area contributed by atoms with E-state index in [1.165, 1.54) is 0 Å². The molecule has 3 rings (SSSR count). The van der Waals surface area contributed by atoms with Crippen LogP contribution in [0.25, 0.3) is 0 Å². The Morgan fingerprint density at radius 3 is 2.25 bits per heavy atom. The fraction of sp³-hybridized carbons (Fsp3) is 0.381. The highest BCUT2D eigenvalue weighted by atomic mass is 35.5.